The number of aliphatic imine (C=N–C) groups is 1. The van der Waals surface area contributed by atoms with E-state index >= 15 is 0 Å². The van der Waals surface area contributed by atoms with Crippen LogP contribution in [0.1, 0.15) is 39.0 Å². The van der Waals surface area contributed by atoms with Crippen molar-refractivity contribution < 1.29 is 5.11 Å². The third kappa shape index (κ3) is 6.91. The van der Waals surface area contributed by atoms with Crippen molar-refractivity contribution in [3.8, 4) is 5.75 Å². The molecule has 0 amide bonds. The summed E-state index contributed by atoms with van der Waals surface area (Å²) < 4.78 is 0. The number of benzene rings is 1. The molecule has 6 nitrogen and oxygen atoms in total. The predicted octanol–water partition coefficient (Wildman–Crippen LogP) is 3.36. The van der Waals surface area contributed by atoms with Gasteiger partial charge in [0.1, 0.15) is 5.75 Å². The highest BCUT2D eigenvalue weighted by Crippen LogP contribution is 2.27. The van der Waals surface area contributed by atoms with Crippen LogP contribution in [-0.2, 0) is 0 Å². The molecular weight excluding hydrogens is 477 g/mol. The molecule has 2 N–H and O–H groups in total. The molecule has 7 heteroatoms. The number of halogens is 1. The molecule has 2 aliphatic heterocycles. The highest BCUT2D eigenvalue weighted by atomic mass is 127. The molecule has 1 atom stereocenters. The van der Waals surface area contributed by atoms with E-state index in [0.29, 0.717) is 5.75 Å². The molecule has 164 valence electrons. The van der Waals surface area contributed by atoms with Crippen LogP contribution >= 0.6 is 24.0 Å². The number of aromatic hydroxyl groups is 1. The summed E-state index contributed by atoms with van der Waals surface area (Å²) in [4.78, 5) is 11.7. The Hall–Kier alpha value is -1.22. The van der Waals surface area contributed by atoms with Gasteiger partial charge in [0.05, 0.1) is 5.69 Å². The molecule has 2 heterocycles. The van der Waals surface area contributed by atoms with Gasteiger partial charge in [0.15, 0.2) is 5.96 Å². The SMILES string of the molecule is CN=C(NCCCCN1CCCCC1C)N1CCN(c2ccccc2O)CC1.I. The number of guanidine groups is 1. The summed E-state index contributed by atoms with van der Waals surface area (Å²) >= 11 is 0. The summed E-state index contributed by atoms with van der Waals surface area (Å²) in [5.74, 6) is 1.37. The maximum Gasteiger partial charge on any atom is 0.193 e. The Bertz CT molecular complexity index is 633. The van der Waals surface area contributed by atoms with Crippen LogP contribution < -0.4 is 10.2 Å². The lowest BCUT2D eigenvalue weighted by atomic mass is 10.0. The van der Waals surface area contributed by atoms with E-state index in [9.17, 15) is 5.11 Å². The van der Waals surface area contributed by atoms with Crippen LogP contribution in [-0.4, -0.2) is 79.8 Å². The minimum absolute atomic E-state index is 0. The van der Waals surface area contributed by atoms with E-state index in [2.05, 4.69) is 31.9 Å². The largest absolute Gasteiger partial charge is 0.506 e. The van der Waals surface area contributed by atoms with Crippen molar-refractivity contribution >= 4 is 35.6 Å². The van der Waals surface area contributed by atoms with Gasteiger partial charge in [-0.3, -0.25) is 4.99 Å². The molecule has 1 unspecified atom stereocenters. The molecule has 1 aromatic rings. The van der Waals surface area contributed by atoms with Crippen LogP contribution in [0, 0.1) is 0 Å². The molecule has 2 saturated heterocycles. The molecule has 1 aromatic carbocycles. The van der Waals surface area contributed by atoms with Crippen molar-refractivity contribution in [2.75, 3.05) is 57.8 Å². The Kier molecular flexibility index (Phi) is 10.3. The van der Waals surface area contributed by atoms with Gasteiger partial charge in [-0.25, -0.2) is 0 Å². The van der Waals surface area contributed by atoms with E-state index in [1.165, 1.54) is 45.2 Å². The van der Waals surface area contributed by atoms with E-state index in [4.69, 9.17) is 0 Å². The second-order valence-corrected chi connectivity index (χ2v) is 8.02. The number of nitrogens with zero attached hydrogens (tertiary/aromatic N) is 4. The van der Waals surface area contributed by atoms with E-state index in [-0.39, 0.29) is 24.0 Å². The number of piperazine rings is 1. The molecule has 0 spiro atoms. The molecule has 0 saturated carbocycles. The molecular formula is C22H38IN5O. The third-order valence-electron chi connectivity index (χ3n) is 6.11. The van der Waals surface area contributed by atoms with Crippen LogP contribution in [0.15, 0.2) is 29.3 Å². The van der Waals surface area contributed by atoms with E-state index in [0.717, 1.165) is 50.4 Å². The van der Waals surface area contributed by atoms with E-state index in [1.54, 1.807) is 6.07 Å². The number of rotatable bonds is 6. The Balaban J connectivity index is 0.00000300. The summed E-state index contributed by atoms with van der Waals surface area (Å²) in [6, 6.07) is 8.35. The zero-order chi connectivity index (χ0) is 19.8. The van der Waals surface area contributed by atoms with E-state index < -0.39 is 0 Å². The summed E-state index contributed by atoms with van der Waals surface area (Å²) in [7, 11) is 1.87. The van der Waals surface area contributed by atoms with Crippen LogP contribution in [0.25, 0.3) is 0 Å². The van der Waals surface area contributed by atoms with Gasteiger partial charge in [-0.1, -0.05) is 18.6 Å². The first-order valence-corrected chi connectivity index (χ1v) is 10.9. The lowest BCUT2D eigenvalue weighted by molar-refractivity contribution is 0.158. The number of nitrogens with one attached hydrogen (secondary N) is 1. The third-order valence-corrected chi connectivity index (χ3v) is 6.11. The quantitative estimate of drug-likeness (QED) is 0.264. The van der Waals surface area contributed by atoms with Gasteiger partial charge in [-0.15, -0.1) is 24.0 Å². The first kappa shape index (κ1) is 24.1. The van der Waals surface area contributed by atoms with Crippen LogP contribution in [0.5, 0.6) is 5.75 Å². The second-order valence-electron chi connectivity index (χ2n) is 8.02. The summed E-state index contributed by atoms with van der Waals surface area (Å²) in [6.45, 7) is 9.47. The van der Waals surface area contributed by atoms with Crippen LogP contribution in [0.2, 0.25) is 0 Å². The van der Waals surface area contributed by atoms with Crippen LogP contribution in [0.3, 0.4) is 0 Å². The van der Waals surface area contributed by atoms with Crippen LogP contribution in [0.4, 0.5) is 5.69 Å². The number of unbranched alkanes of at least 4 members (excludes halogenated alkanes) is 1. The van der Waals surface area contributed by atoms with Crippen molar-refractivity contribution in [2.24, 2.45) is 4.99 Å². The highest BCUT2D eigenvalue weighted by molar-refractivity contribution is 14.0. The number of hydrogen-bond acceptors (Lipinski definition) is 4. The average molecular weight is 515 g/mol. The molecule has 0 bridgehead atoms. The van der Waals surface area contributed by atoms with Gasteiger partial charge >= 0.3 is 0 Å². The monoisotopic (exact) mass is 515 g/mol. The van der Waals surface area contributed by atoms with Crippen molar-refractivity contribution in [1.29, 1.82) is 0 Å². The van der Waals surface area contributed by atoms with Gasteiger partial charge in [0, 0.05) is 45.8 Å². The molecule has 2 fully saturated rings. The zero-order valence-corrected chi connectivity index (χ0v) is 20.3. The number of anilines is 1. The normalized spacial score (nSPS) is 21.0. The summed E-state index contributed by atoms with van der Waals surface area (Å²) in [6.07, 6.45) is 6.54. The number of piperidine rings is 1. The first-order chi connectivity index (χ1) is 13.7. The number of phenolic OH excluding ortho intramolecular Hbond substituents is 1. The zero-order valence-electron chi connectivity index (χ0n) is 18.0. The number of hydrogen-bond donors (Lipinski definition) is 2. The standard InChI is InChI=1S/C22H37N5O.HI/c1-19-9-5-7-13-25(19)14-8-6-12-24-22(23-2)27-17-15-26(16-18-27)20-10-3-4-11-21(20)28;/h3-4,10-11,19,28H,5-9,12-18H2,1-2H3,(H,23,24);1H. The van der Waals surface area contributed by atoms with Gasteiger partial charge in [-0.2, -0.15) is 0 Å². The lowest BCUT2D eigenvalue weighted by Gasteiger charge is -2.38. The van der Waals surface area contributed by atoms with Gasteiger partial charge < -0.3 is 25.1 Å². The number of phenols is 1. The Morgan fingerprint density at radius 2 is 1.86 bits per heavy atom. The molecule has 3 rings (SSSR count). The van der Waals surface area contributed by atoms with Gasteiger partial charge in [0.25, 0.3) is 0 Å². The van der Waals surface area contributed by atoms with Crippen molar-refractivity contribution in [3.63, 3.8) is 0 Å². The van der Waals surface area contributed by atoms with Crippen molar-refractivity contribution in [2.45, 2.75) is 45.1 Å². The summed E-state index contributed by atoms with van der Waals surface area (Å²) in [5, 5.41) is 13.6. The minimum atomic E-state index is 0. The summed E-state index contributed by atoms with van der Waals surface area (Å²) in [5.41, 5.74) is 0.928. The molecule has 0 aromatic heterocycles. The molecule has 29 heavy (non-hydrogen) atoms. The maximum absolute atomic E-state index is 10.1. The Morgan fingerprint density at radius 3 is 2.55 bits per heavy atom. The predicted molar refractivity (Wildman–Crippen MR) is 133 cm³/mol. The average Bonchev–Trinajstić information content (AvgIpc) is 2.73. The van der Waals surface area contributed by atoms with Gasteiger partial charge in [-0.05, 0) is 57.8 Å². The minimum Gasteiger partial charge on any atom is -0.506 e. The van der Waals surface area contributed by atoms with Crippen molar-refractivity contribution in [3.05, 3.63) is 24.3 Å². The fourth-order valence-corrected chi connectivity index (χ4v) is 4.35. The molecule has 2 aliphatic rings. The topological polar surface area (TPSA) is 54.3 Å². The fourth-order valence-electron chi connectivity index (χ4n) is 4.35. The van der Waals surface area contributed by atoms with E-state index in [1.807, 2.05) is 25.2 Å². The van der Waals surface area contributed by atoms with Gasteiger partial charge in [0.2, 0.25) is 0 Å². The fraction of sp³-hybridized carbons (Fsp3) is 0.682. The maximum atomic E-state index is 10.1. The Labute approximate surface area is 193 Å². The second kappa shape index (κ2) is 12.5. The molecule has 0 radical (unpaired) electrons. The number of para-hydroxylation sites is 2. The lowest BCUT2D eigenvalue weighted by Crippen LogP contribution is -2.52. The highest BCUT2D eigenvalue weighted by Gasteiger charge is 2.21. The first-order valence-electron chi connectivity index (χ1n) is 10.9. The molecule has 0 aliphatic carbocycles. The smallest absolute Gasteiger partial charge is 0.193 e. The Morgan fingerprint density at radius 1 is 1.10 bits per heavy atom. The van der Waals surface area contributed by atoms with Crippen molar-refractivity contribution in [1.82, 2.24) is 15.1 Å². The number of likely N-dealkylation sites (tertiary alicyclic amines) is 1.